The Bertz CT molecular complexity index is 441. The van der Waals surface area contributed by atoms with E-state index in [0.29, 0.717) is 10.8 Å². The van der Waals surface area contributed by atoms with E-state index in [1.54, 1.807) is 12.1 Å². The molecule has 1 atom stereocenters. The van der Waals surface area contributed by atoms with Crippen LogP contribution < -0.4 is 5.73 Å². The molecule has 1 aliphatic rings. The molecule has 1 unspecified atom stereocenters. The standard InChI is InChI=1S/C11H14ClN3OS/c1-7-6-17-5-4-15(7)11(16)10-8(12)2-3-9(13)14-10/h2-3,7H,4-6H2,1H3,(H2,13,14). The summed E-state index contributed by atoms with van der Waals surface area (Å²) in [4.78, 5) is 18.1. The maximum atomic E-state index is 12.3. The third-order valence-electron chi connectivity index (χ3n) is 2.70. The number of amides is 1. The minimum absolute atomic E-state index is 0.130. The van der Waals surface area contributed by atoms with Crippen LogP contribution in [0.4, 0.5) is 5.82 Å². The number of hydrogen-bond donors (Lipinski definition) is 1. The molecule has 2 N–H and O–H groups in total. The van der Waals surface area contributed by atoms with Crippen LogP contribution in [0.2, 0.25) is 5.02 Å². The Balaban J connectivity index is 2.26. The Morgan fingerprint density at radius 3 is 3.12 bits per heavy atom. The summed E-state index contributed by atoms with van der Waals surface area (Å²) >= 11 is 7.84. The van der Waals surface area contributed by atoms with Gasteiger partial charge in [-0.2, -0.15) is 11.8 Å². The lowest BCUT2D eigenvalue weighted by molar-refractivity contribution is 0.0710. The molecule has 2 rings (SSSR count). The van der Waals surface area contributed by atoms with Crippen LogP contribution in [0.15, 0.2) is 12.1 Å². The predicted molar refractivity (Wildman–Crippen MR) is 71.5 cm³/mol. The van der Waals surface area contributed by atoms with Crippen molar-refractivity contribution < 1.29 is 4.79 Å². The van der Waals surface area contributed by atoms with E-state index in [1.165, 1.54) is 0 Å². The van der Waals surface area contributed by atoms with Crippen molar-refractivity contribution in [2.45, 2.75) is 13.0 Å². The van der Waals surface area contributed by atoms with Gasteiger partial charge in [0.05, 0.1) is 5.02 Å². The molecule has 1 amide bonds. The molecular weight excluding hydrogens is 258 g/mol. The number of hydrogen-bond acceptors (Lipinski definition) is 4. The molecule has 2 heterocycles. The third-order valence-corrected chi connectivity index (χ3v) is 4.19. The molecule has 1 saturated heterocycles. The summed E-state index contributed by atoms with van der Waals surface area (Å²) in [5, 5.41) is 0.356. The number of rotatable bonds is 1. The van der Waals surface area contributed by atoms with Crippen LogP contribution in [-0.4, -0.2) is 39.9 Å². The van der Waals surface area contributed by atoms with Gasteiger partial charge >= 0.3 is 0 Å². The second-order valence-corrected chi connectivity index (χ2v) is 5.55. The number of nitrogen functional groups attached to an aromatic ring is 1. The number of thioether (sulfide) groups is 1. The number of nitrogens with zero attached hydrogens (tertiary/aromatic N) is 2. The monoisotopic (exact) mass is 271 g/mol. The fraction of sp³-hybridized carbons (Fsp3) is 0.455. The average molecular weight is 272 g/mol. The summed E-state index contributed by atoms with van der Waals surface area (Å²) < 4.78 is 0. The second kappa shape index (κ2) is 5.14. The molecule has 0 saturated carbocycles. The van der Waals surface area contributed by atoms with Gasteiger partial charge in [-0.3, -0.25) is 4.79 Å². The number of carbonyl (C=O) groups excluding carboxylic acids is 1. The highest BCUT2D eigenvalue weighted by Gasteiger charge is 2.26. The summed E-state index contributed by atoms with van der Waals surface area (Å²) in [6, 6.07) is 3.41. The third kappa shape index (κ3) is 2.66. The number of carbonyl (C=O) groups is 1. The molecule has 0 aliphatic carbocycles. The zero-order valence-corrected chi connectivity index (χ0v) is 11.1. The normalized spacial score (nSPS) is 20.4. The zero-order valence-electron chi connectivity index (χ0n) is 9.52. The minimum Gasteiger partial charge on any atom is -0.384 e. The summed E-state index contributed by atoms with van der Waals surface area (Å²) in [7, 11) is 0. The fourth-order valence-electron chi connectivity index (χ4n) is 1.77. The van der Waals surface area contributed by atoms with Crippen molar-refractivity contribution in [3.8, 4) is 0 Å². The number of nitrogens with two attached hydrogens (primary N) is 1. The van der Waals surface area contributed by atoms with Gasteiger partial charge in [-0.05, 0) is 19.1 Å². The fourth-order valence-corrected chi connectivity index (χ4v) is 2.97. The summed E-state index contributed by atoms with van der Waals surface area (Å²) in [5.74, 6) is 2.09. The topological polar surface area (TPSA) is 59.2 Å². The second-order valence-electron chi connectivity index (χ2n) is 3.99. The molecule has 0 radical (unpaired) electrons. The molecule has 0 bridgehead atoms. The maximum Gasteiger partial charge on any atom is 0.274 e. The lowest BCUT2D eigenvalue weighted by atomic mass is 10.2. The molecule has 0 aromatic carbocycles. The highest BCUT2D eigenvalue weighted by molar-refractivity contribution is 7.99. The van der Waals surface area contributed by atoms with Crippen molar-refractivity contribution in [1.29, 1.82) is 0 Å². The van der Waals surface area contributed by atoms with Crippen molar-refractivity contribution in [2.24, 2.45) is 0 Å². The Hall–Kier alpha value is -0.940. The van der Waals surface area contributed by atoms with Gasteiger partial charge in [0, 0.05) is 24.1 Å². The van der Waals surface area contributed by atoms with Gasteiger partial charge in [-0.1, -0.05) is 11.6 Å². The van der Waals surface area contributed by atoms with Crippen LogP contribution in [-0.2, 0) is 0 Å². The van der Waals surface area contributed by atoms with Crippen LogP contribution >= 0.6 is 23.4 Å². The molecular formula is C11H14ClN3OS. The molecule has 0 spiro atoms. The SMILES string of the molecule is CC1CSCCN1C(=O)c1nc(N)ccc1Cl. The number of halogens is 1. The van der Waals surface area contributed by atoms with E-state index in [4.69, 9.17) is 17.3 Å². The molecule has 1 aromatic heterocycles. The minimum atomic E-state index is -0.130. The molecule has 1 fully saturated rings. The van der Waals surface area contributed by atoms with Crippen molar-refractivity contribution in [2.75, 3.05) is 23.8 Å². The first kappa shape index (κ1) is 12.5. The molecule has 4 nitrogen and oxygen atoms in total. The first-order chi connectivity index (χ1) is 8.09. The smallest absolute Gasteiger partial charge is 0.274 e. The molecule has 6 heteroatoms. The van der Waals surface area contributed by atoms with E-state index in [2.05, 4.69) is 4.98 Å². The van der Waals surface area contributed by atoms with Gasteiger partial charge < -0.3 is 10.6 Å². The van der Waals surface area contributed by atoms with Crippen LogP contribution in [0.3, 0.4) is 0 Å². The van der Waals surface area contributed by atoms with Gasteiger partial charge in [-0.15, -0.1) is 0 Å². The van der Waals surface area contributed by atoms with Gasteiger partial charge in [0.1, 0.15) is 11.5 Å². The Labute approximate surface area is 110 Å². The quantitative estimate of drug-likeness (QED) is 0.847. The van der Waals surface area contributed by atoms with Crippen LogP contribution in [0.25, 0.3) is 0 Å². The Morgan fingerprint density at radius 2 is 2.41 bits per heavy atom. The maximum absolute atomic E-state index is 12.3. The van der Waals surface area contributed by atoms with E-state index in [-0.39, 0.29) is 17.6 Å². The first-order valence-electron chi connectivity index (χ1n) is 5.40. The molecule has 1 aromatic rings. The van der Waals surface area contributed by atoms with Crippen molar-refractivity contribution in [1.82, 2.24) is 9.88 Å². The van der Waals surface area contributed by atoms with Crippen LogP contribution in [0.5, 0.6) is 0 Å². The predicted octanol–water partition coefficient (Wildman–Crippen LogP) is 1.89. The molecule has 92 valence electrons. The molecule has 17 heavy (non-hydrogen) atoms. The van der Waals surface area contributed by atoms with Gasteiger partial charge in [0.15, 0.2) is 0 Å². The number of pyridine rings is 1. The van der Waals surface area contributed by atoms with Crippen molar-refractivity contribution >= 4 is 35.1 Å². The largest absolute Gasteiger partial charge is 0.384 e. The summed E-state index contributed by atoms with van der Waals surface area (Å²) in [6.45, 7) is 2.77. The first-order valence-corrected chi connectivity index (χ1v) is 6.93. The van der Waals surface area contributed by atoms with E-state index in [1.807, 2.05) is 23.6 Å². The highest BCUT2D eigenvalue weighted by atomic mass is 35.5. The summed E-state index contributed by atoms with van der Waals surface area (Å²) in [6.07, 6.45) is 0. The van der Waals surface area contributed by atoms with E-state index in [9.17, 15) is 4.79 Å². The molecule has 1 aliphatic heterocycles. The average Bonchev–Trinajstić information content (AvgIpc) is 2.32. The van der Waals surface area contributed by atoms with E-state index < -0.39 is 0 Å². The van der Waals surface area contributed by atoms with Crippen LogP contribution in [0.1, 0.15) is 17.4 Å². The lowest BCUT2D eigenvalue weighted by Crippen LogP contribution is -2.44. The van der Waals surface area contributed by atoms with E-state index in [0.717, 1.165) is 18.1 Å². The summed E-state index contributed by atoms with van der Waals surface area (Å²) in [5.41, 5.74) is 5.84. The van der Waals surface area contributed by atoms with Gasteiger partial charge in [0.25, 0.3) is 5.91 Å². The van der Waals surface area contributed by atoms with Gasteiger partial charge in [-0.25, -0.2) is 4.98 Å². The number of anilines is 1. The zero-order chi connectivity index (χ0) is 12.4. The highest BCUT2D eigenvalue weighted by Crippen LogP contribution is 2.22. The Kier molecular flexibility index (Phi) is 3.79. The van der Waals surface area contributed by atoms with Crippen molar-refractivity contribution in [3.05, 3.63) is 22.8 Å². The number of aromatic nitrogens is 1. The Morgan fingerprint density at radius 1 is 1.65 bits per heavy atom. The van der Waals surface area contributed by atoms with Crippen molar-refractivity contribution in [3.63, 3.8) is 0 Å². The van der Waals surface area contributed by atoms with Gasteiger partial charge in [0.2, 0.25) is 0 Å². The lowest BCUT2D eigenvalue weighted by Gasteiger charge is -2.32. The van der Waals surface area contributed by atoms with Crippen LogP contribution in [0, 0.1) is 0 Å². The van der Waals surface area contributed by atoms with E-state index >= 15 is 0 Å².